The number of carbonyl (C=O) groups is 1. The summed E-state index contributed by atoms with van der Waals surface area (Å²) in [6.07, 6.45) is 1.60. The normalized spacial score (nSPS) is 15.4. The third-order valence-corrected chi connectivity index (χ3v) is 4.66. The average Bonchev–Trinajstić information content (AvgIpc) is 2.63. The molecule has 1 fully saturated rings. The molecule has 0 atom stereocenters. The number of halogens is 2. The summed E-state index contributed by atoms with van der Waals surface area (Å²) >= 11 is 0. The number of carbonyl (C=O) groups excluding carboxylic acids is 1. The van der Waals surface area contributed by atoms with Crippen LogP contribution in [-0.4, -0.2) is 43.9 Å². The molecule has 0 amide bonds. The van der Waals surface area contributed by atoms with E-state index in [1.165, 1.54) is 18.2 Å². The summed E-state index contributed by atoms with van der Waals surface area (Å²) in [7, 11) is 0. The van der Waals surface area contributed by atoms with Gasteiger partial charge in [-0.15, -0.1) is 0 Å². The molecular formula is C20H22F2N2O. The Morgan fingerprint density at radius 3 is 2.16 bits per heavy atom. The lowest BCUT2D eigenvalue weighted by molar-refractivity contribution is 0.112. The molecule has 3 nitrogen and oxygen atoms in total. The van der Waals surface area contributed by atoms with E-state index in [2.05, 4.69) is 16.7 Å². The molecule has 0 bridgehead atoms. The van der Waals surface area contributed by atoms with Gasteiger partial charge in [0, 0.05) is 26.2 Å². The lowest BCUT2D eigenvalue weighted by Gasteiger charge is -2.36. The van der Waals surface area contributed by atoms with Crippen molar-refractivity contribution in [1.82, 2.24) is 4.90 Å². The molecule has 2 aromatic rings. The summed E-state index contributed by atoms with van der Waals surface area (Å²) in [6.45, 7) is 6.73. The Hall–Kier alpha value is -2.27. The van der Waals surface area contributed by atoms with Crippen LogP contribution in [0.25, 0.3) is 11.1 Å². The quantitative estimate of drug-likeness (QED) is 0.767. The van der Waals surface area contributed by atoms with E-state index in [0.717, 1.165) is 39.1 Å². The van der Waals surface area contributed by atoms with Crippen LogP contribution < -0.4 is 4.90 Å². The van der Waals surface area contributed by atoms with Gasteiger partial charge in [-0.1, -0.05) is 19.1 Å². The number of nitrogens with zero attached hydrogens (tertiary/aromatic N) is 2. The van der Waals surface area contributed by atoms with Gasteiger partial charge >= 0.3 is 0 Å². The van der Waals surface area contributed by atoms with Crippen LogP contribution in [-0.2, 0) is 0 Å². The predicted molar refractivity (Wildman–Crippen MR) is 96.1 cm³/mol. The van der Waals surface area contributed by atoms with Crippen molar-refractivity contribution in [2.45, 2.75) is 13.3 Å². The Bertz CT molecular complexity index is 755. The highest BCUT2D eigenvalue weighted by Crippen LogP contribution is 2.28. The van der Waals surface area contributed by atoms with Gasteiger partial charge in [-0.25, -0.2) is 8.78 Å². The molecule has 0 N–H and O–H groups in total. The summed E-state index contributed by atoms with van der Waals surface area (Å²) in [6, 6.07) is 9.30. The van der Waals surface area contributed by atoms with Gasteiger partial charge in [0.1, 0.15) is 11.6 Å². The second-order valence-electron chi connectivity index (χ2n) is 6.35. The molecule has 5 heteroatoms. The molecule has 0 unspecified atom stereocenters. The third-order valence-electron chi connectivity index (χ3n) is 4.66. The molecule has 3 rings (SSSR count). The van der Waals surface area contributed by atoms with E-state index >= 15 is 0 Å². The van der Waals surface area contributed by atoms with Gasteiger partial charge in [-0.3, -0.25) is 9.69 Å². The van der Waals surface area contributed by atoms with E-state index in [1.54, 1.807) is 18.2 Å². The fourth-order valence-corrected chi connectivity index (χ4v) is 3.27. The molecule has 0 spiro atoms. The Morgan fingerprint density at radius 1 is 0.960 bits per heavy atom. The minimum atomic E-state index is -0.593. The Morgan fingerprint density at radius 2 is 1.60 bits per heavy atom. The summed E-state index contributed by atoms with van der Waals surface area (Å²) in [5, 5.41) is 0. The van der Waals surface area contributed by atoms with Gasteiger partial charge in [0.05, 0.1) is 11.3 Å². The van der Waals surface area contributed by atoms with Crippen molar-refractivity contribution < 1.29 is 13.6 Å². The fraction of sp³-hybridized carbons (Fsp3) is 0.350. The van der Waals surface area contributed by atoms with E-state index in [0.29, 0.717) is 23.1 Å². The number of piperazine rings is 1. The highest BCUT2D eigenvalue weighted by atomic mass is 19.1. The van der Waals surface area contributed by atoms with Crippen molar-refractivity contribution in [2.75, 3.05) is 37.6 Å². The first-order valence-electron chi connectivity index (χ1n) is 8.64. The molecule has 132 valence electrons. The van der Waals surface area contributed by atoms with Crippen LogP contribution in [0.2, 0.25) is 0 Å². The van der Waals surface area contributed by atoms with Crippen LogP contribution in [0, 0.1) is 11.6 Å². The standard InChI is InChI=1S/C20H22F2N2O/c1-2-7-23-8-10-24(11-9-23)20-6-5-16(13-19(20)22)15-3-4-17(14-25)18(21)12-15/h3-6,12-14H,2,7-11H2,1H3. The molecule has 0 saturated carbocycles. The molecule has 1 saturated heterocycles. The highest BCUT2D eigenvalue weighted by Gasteiger charge is 2.19. The summed E-state index contributed by atoms with van der Waals surface area (Å²) in [5.41, 5.74) is 1.75. The second kappa shape index (κ2) is 7.74. The maximum Gasteiger partial charge on any atom is 0.152 e. The zero-order valence-electron chi connectivity index (χ0n) is 14.3. The number of anilines is 1. The van der Waals surface area contributed by atoms with E-state index in [1.807, 2.05) is 0 Å². The Kier molecular flexibility index (Phi) is 5.43. The second-order valence-corrected chi connectivity index (χ2v) is 6.35. The molecular weight excluding hydrogens is 322 g/mol. The smallest absolute Gasteiger partial charge is 0.152 e. The lowest BCUT2D eigenvalue weighted by atomic mass is 10.0. The van der Waals surface area contributed by atoms with E-state index < -0.39 is 5.82 Å². The minimum absolute atomic E-state index is 0.00536. The molecule has 0 aliphatic carbocycles. The van der Waals surface area contributed by atoms with Crippen LogP contribution in [0.4, 0.5) is 14.5 Å². The Labute approximate surface area is 146 Å². The first-order valence-corrected chi connectivity index (χ1v) is 8.64. The summed E-state index contributed by atoms with van der Waals surface area (Å²) in [5.74, 6) is -0.898. The van der Waals surface area contributed by atoms with Crippen molar-refractivity contribution in [3.63, 3.8) is 0 Å². The van der Waals surface area contributed by atoms with Gasteiger partial charge in [0.15, 0.2) is 6.29 Å². The summed E-state index contributed by atoms with van der Waals surface area (Å²) in [4.78, 5) is 15.2. The largest absolute Gasteiger partial charge is 0.367 e. The topological polar surface area (TPSA) is 23.6 Å². The van der Waals surface area contributed by atoms with Crippen molar-refractivity contribution in [3.05, 3.63) is 53.6 Å². The highest BCUT2D eigenvalue weighted by molar-refractivity contribution is 5.77. The van der Waals surface area contributed by atoms with Crippen LogP contribution >= 0.6 is 0 Å². The van der Waals surface area contributed by atoms with Crippen molar-refractivity contribution in [2.24, 2.45) is 0 Å². The number of hydrogen-bond donors (Lipinski definition) is 0. The van der Waals surface area contributed by atoms with Crippen LogP contribution in [0.5, 0.6) is 0 Å². The molecule has 1 aliphatic rings. The van der Waals surface area contributed by atoms with Crippen molar-refractivity contribution >= 4 is 12.0 Å². The molecule has 0 aromatic heterocycles. The van der Waals surface area contributed by atoms with Crippen molar-refractivity contribution in [3.8, 4) is 11.1 Å². The van der Waals surface area contributed by atoms with E-state index in [4.69, 9.17) is 0 Å². The number of hydrogen-bond acceptors (Lipinski definition) is 3. The first kappa shape index (κ1) is 17.5. The lowest BCUT2D eigenvalue weighted by Crippen LogP contribution is -2.46. The monoisotopic (exact) mass is 344 g/mol. The van der Waals surface area contributed by atoms with Gasteiger partial charge in [-0.05, 0) is 48.4 Å². The molecule has 2 aromatic carbocycles. The maximum absolute atomic E-state index is 14.6. The maximum atomic E-state index is 14.6. The SMILES string of the molecule is CCCN1CCN(c2ccc(-c3ccc(C=O)c(F)c3)cc2F)CC1. The van der Waals surface area contributed by atoms with Gasteiger partial charge in [0.2, 0.25) is 0 Å². The Balaban J connectivity index is 1.77. The van der Waals surface area contributed by atoms with E-state index in [-0.39, 0.29) is 11.4 Å². The van der Waals surface area contributed by atoms with Crippen molar-refractivity contribution in [1.29, 1.82) is 0 Å². The first-order chi connectivity index (χ1) is 12.1. The van der Waals surface area contributed by atoms with E-state index in [9.17, 15) is 13.6 Å². The number of benzene rings is 2. The molecule has 25 heavy (non-hydrogen) atoms. The van der Waals surface area contributed by atoms with Crippen LogP contribution in [0.15, 0.2) is 36.4 Å². The van der Waals surface area contributed by atoms with Crippen LogP contribution in [0.1, 0.15) is 23.7 Å². The van der Waals surface area contributed by atoms with Gasteiger partial charge in [-0.2, -0.15) is 0 Å². The fourth-order valence-electron chi connectivity index (χ4n) is 3.27. The summed E-state index contributed by atoms with van der Waals surface area (Å²) < 4.78 is 28.4. The third kappa shape index (κ3) is 3.87. The van der Waals surface area contributed by atoms with Crippen LogP contribution in [0.3, 0.4) is 0 Å². The molecule has 1 aliphatic heterocycles. The zero-order valence-corrected chi connectivity index (χ0v) is 14.3. The zero-order chi connectivity index (χ0) is 17.8. The average molecular weight is 344 g/mol. The number of rotatable bonds is 5. The molecule has 1 heterocycles. The predicted octanol–water partition coefficient (Wildman–Crippen LogP) is 3.98. The molecule has 0 radical (unpaired) electrons. The minimum Gasteiger partial charge on any atom is -0.367 e. The number of aldehydes is 1. The van der Waals surface area contributed by atoms with Gasteiger partial charge < -0.3 is 4.90 Å². The van der Waals surface area contributed by atoms with Gasteiger partial charge in [0.25, 0.3) is 0 Å².